The molecule has 3 rings (SSSR count). The summed E-state index contributed by atoms with van der Waals surface area (Å²) < 4.78 is 6.44. The first-order chi connectivity index (χ1) is 14.0. The monoisotopic (exact) mass is 400 g/mol. The van der Waals surface area contributed by atoms with Crippen LogP contribution in [0.1, 0.15) is 37.7 Å². The summed E-state index contributed by atoms with van der Waals surface area (Å²) in [5.74, 6) is -0.291. The number of amides is 1. The van der Waals surface area contributed by atoms with E-state index >= 15 is 0 Å². The molecule has 0 atom stereocenters. The van der Waals surface area contributed by atoms with Crippen molar-refractivity contribution in [3.63, 3.8) is 0 Å². The third-order valence-electron chi connectivity index (χ3n) is 5.41. The van der Waals surface area contributed by atoms with Gasteiger partial charge in [0.25, 0.3) is 5.56 Å². The predicted molar refractivity (Wildman–Crippen MR) is 112 cm³/mol. The van der Waals surface area contributed by atoms with Gasteiger partial charge in [0.05, 0.1) is 13.2 Å². The van der Waals surface area contributed by atoms with Crippen molar-refractivity contribution >= 4 is 17.4 Å². The molecule has 0 saturated heterocycles. The second-order valence-corrected chi connectivity index (χ2v) is 7.38. The lowest BCUT2D eigenvalue weighted by atomic mass is 9.88. The summed E-state index contributed by atoms with van der Waals surface area (Å²) in [7, 11) is 1.53. The van der Waals surface area contributed by atoms with Gasteiger partial charge < -0.3 is 15.4 Å². The minimum atomic E-state index is -0.655. The number of ether oxygens (including phenoxy) is 1. The van der Waals surface area contributed by atoms with Crippen LogP contribution in [0.5, 0.6) is 0 Å². The second kappa shape index (κ2) is 9.56. The summed E-state index contributed by atoms with van der Waals surface area (Å²) in [6, 6.07) is 9.34. The Morgan fingerprint density at radius 1 is 1.21 bits per heavy atom. The quantitative estimate of drug-likeness (QED) is 0.735. The van der Waals surface area contributed by atoms with Gasteiger partial charge in [0, 0.05) is 19.6 Å². The lowest BCUT2D eigenvalue weighted by molar-refractivity contribution is -0.123. The number of hydrogen-bond acceptors (Lipinski definition) is 5. The molecule has 8 heteroatoms. The van der Waals surface area contributed by atoms with E-state index in [1.54, 1.807) is 0 Å². The molecule has 2 aromatic rings. The minimum Gasteiger partial charge on any atom is -0.383 e. The first-order valence-electron chi connectivity index (χ1n) is 9.99. The van der Waals surface area contributed by atoms with Crippen LogP contribution in [0.25, 0.3) is 0 Å². The van der Waals surface area contributed by atoms with Gasteiger partial charge in [-0.05, 0) is 18.4 Å². The Balaban J connectivity index is 2.02. The number of carbonyl (C=O) groups is 1. The van der Waals surface area contributed by atoms with Crippen LogP contribution in [0, 0.1) is 5.92 Å². The molecule has 1 heterocycles. The molecular weight excluding hydrogens is 372 g/mol. The van der Waals surface area contributed by atoms with Crippen LogP contribution < -0.4 is 21.9 Å². The van der Waals surface area contributed by atoms with Crippen LogP contribution in [0.4, 0.5) is 11.5 Å². The van der Waals surface area contributed by atoms with E-state index in [1.807, 2.05) is 30.3 Å². The standard InChI is InChI=1S/C21H28N4O4/c1-29-13-12-24(20(27)16-10-6-3-7-11-16)17-18(22)25(21(28)23-19(17)26)14-15-8-4-2-5-9-15/h2,4-5,8-9,16H,3,6-7,10-14,22H2,1H3,(H,23,26,28). The third-order valence-corrected chi connectivity index (χ3v) is 5.41. The van der Waals surface area contributed by atoms with Gasteiger partial charge in [0.2, 0.25) is 5.91 Å². The summed E-state index contributed by atoms with van der Waals surface area (Å²) >= 11 is 0. The van der Waals surface area contributed by atoms with Gasteiger partial charge in [-0.1, -0.05) is 49.6 Å². The van der Waals surface area contributed by atoms with Gasteiger partial charge in [-0.25, -0.2) is 4.79 Å². The highest BCUT2D eigenvalue weighted by atomic mass is 16.5. The highest BCUT2D eigenvalue weighted by Crippen LogP contribution is 2.28. The zero-order valence-corrected chi connectivity index (χ0v) is 16.7. The molecule has 0 bridgehead atoms. The van der Waals surface area contributed by atoms with Crippen molar-refractivity contribution < 1.29 is 9.53 Å². The van der Waals surface area contributed by atoms with Crippen molar-refractivity contribution in [2.24, 2.45) is 5.92 Å². The normalized spacial score (nSPS) is 14.7. The van der Waals surface area contributed by atoms with Crippen molar-refractivity contribution in [1.29, 1.82) is 0 Å². The number of anilines is 2. The number of H-pyrrole nitrogens is 1. The summed E-state index contributed by atoms with van der Waals surface area (Å²) in [4.78, 5) is 42.1. The van der Waals surface area contributed by atoms with E-state index in [0.717, 1.165) is 37.7 Å². The number of carbonyl (C=O) groups excluding carboxylic acids is 1. The van der Waals surface area contributed by atoms with Crippen molar-refractivity contribution in [2.75, 3.05) is 30.9 Å². The number of nitrogens with one attached hydrogen (secondary N) is 1. The predicted octanol–water partition coefficient (Wildman–Crippen LogP) is 1.73. The van der Waals surface area contributed by atoms with Gasteiger partial charge in [-0.3, -0.25) is 19.1 Å². The van der Waals surface area contributed by atoms with Crippen LogP contribution in [-0.2, 0) is 16.1 Å². The number of aromatic nitrogens is 2. The van der Waals surface area contributed by atoms with E-state index in [1.165, 1.54) is 16.6 Å². The third kappa shape index (κ3) is 4.76. The van der Waals surface area contributed by atoms with Crippen LogP contribution in [0.2, 0.25) is 0 Å². The molecule has 1 fully saturated rings. The molecule has 0 spiro atoms. The molecule has 1 aromatic carbocycles. The molecule has 156 valence electrons. The molecular formula is C21H28N4O4. The lowest BCUT2D eigenvalue weighted by Crippen LogP contribution is -2.45. The topological polar surface area (TPSA) is 110 Å². The highest BCUT2D eigenvalue weighted by Gasteiger charge is 2.30. The molecule has 0 unspecified atom stereocenters. The first-order valence-corrected chi connectivity index (χ1v) is 9.99. The largest absolute Gasteiger partial charge is 0.383 e. The van der Waals surface area contributed by atoms with E-state index in [9.17, 15) is 14.4 Å². The molecule has 1 amide bonds. The molecule has 29 heavy (non-hydrogen) atoms. The number of nitrogens with zero attached hydrogens (tertiary/aromatic N) is 2. The maximum Gasteiger partial charge on any atom is 0.330 e. The molecule has 1 saturated carbocycles. The zero-order chi connectivity index (χ0) is 20.8. The smallest absolute Gasteiger partial charge is 0.330 e. The van der Waals surface area contributed by atoms with E-state index in [4.69, 9.17) is 10.5 Å². The fourth-order valence-electron chi connectivity index (χ4n) is 3.85. The Hall–Kier alpha value is -2.87. The number of hydrogen-bond donors (Lipinski definition) is 2. The van der Waals surface area contributed by atoms with Crippen LogP contribution >= 0.6 is 0 Å². The molecule has 8 nitrogen and oxygen atoms in total. The van der Waals surface area contributed by atoms with Crippen molar-refractivity contribution in [3.05, 3.63) is 56.7 Å². The summed E-state index contributed by atoms with van der Waals surface area (Å²) in [5, 5.41) is 0. The van der Waals surface area contributed by atoms with E-state index in [0.29, 0.717) is 0 Å². The average molecular weight is 400 g/mol. The van der Waals surface area contributed by atoms with Gasteiger partial charge in [-0.2, -0.15) is 0 Å². The molecule has 0 aliphatic heterocycles. The molecule has 1 aliphatic rings. The fraction of sp³-hybridized carbons (Fsp3) is 0.476. The Morgan fingerprint density at radius 2 is 1.90 bits per heavy atom. The number of nitrogen functional groups attached to an aromatic ring is 1. The Kier molecular flexibility index (Phi) is 6.87. The van der Waals surface area contributed by atoms with Gasteiger partial charge in [0.15, 0.2) is 5.69 Å². The maximum atomic E-state index is 13.2. The Bertz CT molecular complexity index is 945. The van der Waals surface area contributed by atoms with Crippen LogP contribution in [0.3, 0.4) is 0 Å². The number of benzene rings is 1. The fourth-order valence-corrected chi connectivity index (χ4v) is 3.85. The second-order valence-electron chi connectivity index (χ2n) is 7.38. The van der Waals surface area contributed by atoms with Crippen molar-refractivity contribution in [1.82, 2.24) is 9.55 Å². The Labute approximate surface area is 169 Å². The van der Waals surface area contributed by atoms with Crippen molar-refractivity contribution in [2.45, 2.75) is 38.6 Å². The number of rotatable bonds is 7. The molecule has 0 radical (unpaired) electrons. The van der Waals surface area contributed by atoms with Gasteiger partial charge in [-0.15, -0.1) is 0 Å². The SMILES string of the molecule is COCCN(C(=O)C1CCCCC1)c1c(N)n(Cc2ccccc2)c(=O)[nH]c1=O. The first kappa shape index (κ1) is 20.9. The Morgan fingerprint density at radius 3 is 2.55 bits per heavy atom. The molecule has 1 aliphatic carbocycles. The maximum absolute atomic E-state index is 13.2. The van der Waals surface area contributed by atoms with Crippen molar-refractivity contribution in [3.8, 4) is 0 Å². The number of methoxy groups -OCH3 is 1. The molecule has 1 aromatic heterocycles. The number of nitrogens with two attached hydrogens (primary N) is 1. The van der Waals surface area contributed by atoms with Crippen LogP contribution in [0.15, 0.2) is 39.9 Å². The minimum absolute atomic E-state index is 0.0112. The van der Waals surface area contributed by atoms with Crippen LogP contribution in [-0.4, -0.2) is 35.7 Å². The number of aromatic amines is 1. The highest BCUT2D eigenvalue weighted by molar-refractivity contribution is 5.97. The van der Waals surface area contributed by atoms with E-state index in [2.05, 4.69) is 4.98 Å². The summed E-state index contributed by atoms with van der Waals surface area (Å²) in [6.07, 6.45) is 4.70. The van der Waals surface area contributed by atoms with E-state index < -0.39 is 11.2 Å². The molecule has 3 N–H and O–H groups in total. The van der Waals surface area contributed by atoms with E-state index in [-0.39, 0.29) is 43.0 Å². The average Bonchev–Trinajstić information content (AvgIpc) is 2.74. The van der Waals surface area contributed by atoms with Gasteiger partial charge in [0.1, 0.15) is 5.82 Å². The summed E-state index contributed by atoms with van der Waals surface area (Å²) in [6.45, 7) is 0.656. The summed E-state index contributed by atoms with van der Waals surface area (Å²) in [5.41, 5.74) is 5.91. The lowest BCUT2D eigenvalue weighted by Gasteiger charge is -2.29. The zero-order valence-electron chi connectivity index (χ0n) is 16.7. The van der Waals surface area contributed by atoms with Gasteiger partial charge >= 0.3 is 5.69 Å².